The zero-order valence-corrected chi connectivity index (χ0v) is 11.3. The van der Waals surface area contributed by atoms with Crippen molar-refractivity contribution in [1.82, 2.24) is 4.90 Å². The Kier molecular flexibility index (Phi) is 3.41. The largest absolute Gasteiger partial charge is 0.378 e. The molecule has 0 amide bonds. The maximum atomic E-state index is 9.26. The molecule has 0 aliphatic carbocycles. The van der Waals surface area contributed by atoms with Crippen molar-refractivity contribution in [3.63, 3.8) is 0 Å². The topological polar surface area (TPSA) is 39.5 Å². The van der Waals surface area contributed by atoms with Gasteiger partial charge in [-0.3, -0.25) is 4.90 Å². The van der Waals surface area contributed by atoms with E-state index in [1.54, 1.807) is 0 Å². The van der Waals surface area contributed by atoms with Crippen LogP contribution in [-0.2, 0) is 4.74 Å². The maximum absolute atomic E-state index is 9.26. The summed E-state index contributed by atoms with van der Waals surface area (Å²) in [6.07, 6.45) is 0. The van der Waals surface area contributed by atoms with Crippen LogP contribution in [0.25, 0.3) is 0 Å². The quantitative estimate of drug-likeness (QED) is 0.802. The molecule has 2 aliphatic heterocycles. The smallest absolute Gasteiger partial charge is 0.101 e. The Hall–Kier alpha value is -1.57. The van der Waals surface area contributed by atoms with Gasteiger partial charge in [-0.2, -0.15) is 5.26 Å². The molecule has 0 radical (unpaired) electrons. The summed E-state index contributed by atoms with van der Waals surface area (Å²) in [7, 11) is 0. The highest BCUT2D eigenvalue weighted by Crippen LogP contribution is 2.23. The zero-order valence-electron chi connectivity index (χ0n) is 11.3. The molecule has 4 nitrogen and oxygen atoms in total. The highest BCUT2D eigenvalue weighted by Gasteiger charge is 2.29. The van der Waals surface area contributed by atoms with E-state index in [1.807, 2.05) is 13.0 Å². The molecule has 4 heteroatoms. The minimum Gasteiger partial charge on any atom is -0.378 e. The number of rotatable bonds is 2. The highest BCUT2D eigenvalue weighted by molar-refractivity contribution is 5.60. The van der Waals surface area contributed by atoms with Crippen LogP contribution in [0.1, 0.15) is 11.1 Å². The van der Waals surface area contributed by atoms with E-state index < -0.39 is 0 Å². The second-order valence-corrected chi connectivity index (χ2v) is 5.35. The van der Waals surface area contributed by atoms with Crippen LogP contribution in [0.15, 0.2) is 18.2 Å². The van der Waals surface area contributed by atoms with E-state index in [-0.39, 0.29) is 0 Å². The van der Waals surface area contributed by atoms with Crippen molar-refractivity contribution in [2.45, 2.75) is 13.0 Å². The van der Waals surface area contributed by atoms with Crippen molar-refractivity contribution >= 4 is 5.69 Å². The van der Waals surface area contributed by atoms with Gasteiger partial charge in [-0.1, -0.05) is 6.07 Å². The normalized spacial score (nSPS) is 20.9. The third-order valence-corrected chi connectivity index (χ3v) is 4.06. The van der Waals surface area contributed by atoms with Gasteiger partial charge in [0.15, 0.2) is 0 Å². The van der Waals surface area contributed by atoms with Gasteiger partial charge in [0.25, 0.3) is 0 Å². The fourth-order valence-electron chi connectivity index (χ4n) is 2.78. The predicted octanol–water partition coefficient (Wildman–Crippen LogP) is 1.39. The first-order valence-electron chi connectivity index (χ1n) is 6.85. The first-order valence-corrected chi connectivity index (χ1v) is 6.85. The van der Waals surface area contributed by atoms with Crippen LogP contribution >= 0.6 is 0 Å². The summed E-state index contributed by atoms with van der Waals surface area (Å²) in [6, 6.07) is 9.07. The second kappa shape index (κ2) is 5.20. The molecule has 1 aromatic rings. The van der Waals surface area contributed by atoms with E-state index >= 15 is 0 Å². The van der Waals surface area contributed by atoms with E-state index in [0.29, 0.717) is 6.04 Å². The van der Waals surface area contributed by atoms with E-state index in [4.69, 9.17) is 4.74 Å². The summed E-state index contributed by atoms with van der Waals surface area (Å²) < 4.78 is 5.25. The van der Waals surface area contributed by atoms with Gasteiger partial charge in [0.2, 0.25) is 0 Å². The number of hydrogen-bond acceptors (Lipinski definition) is 4. The number of nitriles is 1. The average molecular weight is 257 g/mol. The van der Waals surface area contributed by atoms with Crippen LogP contribution in [0.2, 0.25) is 0 Å². The summed E-state index contributed by atoms with van der Waals surface area (Å²) in [5.41, 5.74) is 3.02. The van der Waals surface area contributed by atoms with Gasteiger partial charge in [0.05, 0.1) is 30.5 Å². The molecule has 3 rings (SSSR count). The van der Waals surface area contributed by atoms with Gasteiger partial charge in [-0.15, -0.1) is 0 Å². The lowest BCUT2D eigenvalue weighted by Crippen LogP contribution is -2.56. The number of aryl methyl sites for hydroxylation is 1. The average Bonchev–Trinajstić information content (AvgIpc) is 2.38. The molecule has 0 saturated carbocycles. The first kappa shape index (κ1) is 12.5. The number of anilines is 1. The Morgan fingerprint density at radius 3 is 2.53 bits per heavy atom. The Balaban J connectivity index is 1.69. The number of ether oxygens (including phenoxy) is 1. The number of benzene rings is 1. The van der Waals surface area contributed by atoms with Crippen molar-refractivity contribution in [2.24, 2.45) is 0 Å². The number of hydrogen-bond donors (Lipinski definition) is 0. The fraction of sp³-hybridized carbons (Fsp3) is 0.533. The molecular formula is C15H19N3O. The van der Waals surface area contributed by atoms with Crippen molar-refractivity contribution < 1.29 is 4.74 Å². The van der Waals surface area contributed by atoms with E-state index in [0.717, 1.165) is 56.2 Å². The molecule has 2 fully saturated rings. The minimum absolute atomic E-state index is 0.621. The van der Waals surface area contributed by atoms with E-state index in [2.05, 4.69) is 28.0 Å². The number of nitrogens with zero attached hydrogens (tertiary/aromatic N) is 3. The lowest BCUT2D eigenvalue weighted by atomic mass is 10.1. The van der Waals surface area contributed by atoms with Gasteiger partial charge in [0, 0.05) is 26.2 Å². The van der Waals surface area contributed by atoms with Gasteiger partial charge < -0.3 is 9.64 Å². The molecule has 2 saturated heterocycles. The lowest BCUT2D eigenvalue weighted by Gasteiger charge is -2.43. The van der Waals surface area contributed by atoms with Gasteiger partial charge >= 0.3 is 0 Å². The molecule has 0 aromatic heterocycles. The Labute approximate surface area is 114 Å². The van der Waals surface area contributed by atoms with Gasteiger partial charge in [-0.25, -0.2) is 0 Å². The highest BCUT2D eigenvalue weighted by atomic mass is 16.5. The molecule has 0 unspecified atom stereocenters. The molecule has 0 atom stereocenters. The lowest BCUT2D eigenvalue weighted by molar-refractivity contribution is -0.0660. The monoisotopic (exact) mass is 257 g/mol. The summed E-state index contributed by atoms with van der Waals surface area (Å²) in [5.74, 6) is 0. The molecule has 0 spiro atoms. The molecule has 19 heavy (non-hydrogen) atoms. The van der Waals surface area contributed by atoms with Crippen LogP contribution in [0.3, 0.4) is 0 Å². The molecule has 1 aromatic carbocycles. The molecule has 0 N–H and O–H groups in total. The Bertz CT molecular complexity index is 497. The minimum atomic E-state index is 0.621. The fourth-order valence-corrected chi connectivity index (χ4v) is 2.78. The van der Waals surface area contributed by atoms with Crippen LogP contribution in [0.5, 0.6) is 0 Å². The summed E-state index contributed by atoms with van der Waals surface area (Å²) in [6.45, 7) is 7.91. The standard InChI is InChI=1S/C15H19N3O/c1-12-2-3-15(13(8-12)9-16)18-6-4-17(5-7-18)14-10-19-11-14/h2-3,8,14H,4-7,10-11H2,1H3. The van der Waals surface area contributed by atoms with Crippen LogP contribution in [0, 0.1) is 18.3 Å². The van der Waals surface area contributed by atoms with Gasteiger partial charge in [0.1, 0.15) is 6.07 Å². The molecule has 2 heterocycles. The van der Waals surface area contributed by atoms with Crippen molar-refractivity contribution in [1.29, 1.82) is 5.26 Å². The first-order chi connectivity index (χ1) is 9.28. The van der Waals surface area contributed by atoms with Crippen LogP contribution < -0.4 is 4.90 Å². The third-order valence-electron chi connectivity index (χ3n) is 4.06. The maximum Gasteiger partial charge on any atom is 0.101 e. The second-order valence-electron chi connectivity index (χ2n) is 5.35. The molecule has 100 valence electrons. The molecular weight excluding hydrogens is 238 g/mol. The zero-order chi connectivity index (χ0) is 13.2. The SMILES string of the molecule is Cc1ccc(N2CCN(C3COC3)CC2)c(C#N)c1. The Morgan fingerprint density at radius 2 is 1.95 bits per heavy atom. The summed E-state index contributed by atoms with van der Waals surface area (Å²) >= 11 is 0. The third kappa shape index (κ3) is 2.44. The summed E-state index contributed by atoms with van der Waals surface area (Å²) in [5, 5.41) is 9.26. The summed E-state index contributed by atoms with van der Waals surface area (Å²) in [4.78, 5) is 4.83. The van der Waals surface area contributed by atoms with Crippen LogP contribution in [-0.4, -0.2) is 50.3 Å². The predicted molar refractivity (Wildman–Crippen MR) is 74.3 cm³/mol. The van der Waals surface area contributed by atoms with E-state index in [9.17, 15) is 5.26 Å². The van der Waals surface area contributed by atoms with Crippen molar-refractivity contribution in [3.05, 3.63) is 29.3 Å². The van der Waals surface area contributed by atoms with Crippen molar-refractivity contribution in [2.75, 3.05) is 44.3 Å². The number of piperazine rings is 1. The van der Waals surface area contributed by atoms with E-state index in [1.165, 1.54) is 0 Å². The molecule has 0 bridgehead atoms. The molecule has 2 aliphatic rings. The van der Waals surface area contributed by atoms with Crippen molar-refractivity contribution in [3.8, 4) is 6.07 Å². The Morgan fingerprint density at radius 1 is 1.21 bits per heavy atom. The van der Waals surface area contributed by atoms with Crippen LogP contribution in [0.4, 0.5) is 5.69 Å². The van der Waals surface area contributed by atoms with Gasteiger partial charge in [-0.05, 0) is 24.6 Å².